The molecule has 1 saturated heterocycles. The van der Waals surface area contributed by atoms with Gasteiger partial charge in [-0.05, 0) is 38.0 Å². The van der Waals surface area contributed by atoms with E-state index in [4.69, 9.17) is 5.11 Å². The number of amides is 1. The zero-order valence-corrected chi connectivity index (χ0v) is 14.3. The lowest BCUT2D eigenvalue weighted by Crippen LogP contribution is -2.42. The lowest BCUT2D eigenvalue weighted by atomic mass is 9.81. The van der Waals surface area contributed by atoms with Crippen LogP contribution in [0.15, 0.2) is 0 Å². The van der Waals surface area contributed by atoms with E-state index in [1.165, 1.54) is 10.6 Å². The Bertz CT molecular complexity index is 540. The number of sulfonamides is 1. The van der Waals surface area contributed by atoms with Gasteiger partial charge in [0, 0.05) is 25.6 Å². The van der Waals surface area contributed by atoms with Gasteiger partial charge < -0.3 is 10.4 Å². The fourth-order valence-electron chi connectivity index (χ4n) is 3.49. The maximum absolute atomic E-state index is 12.2. The Kier molecular flexibility index (Phi) is 6.02. The van der Waals surface area contributed by atoms with Gasteiger partial charge in [-0.25, -0.2) is 12.7 Å². The lowest BCUT2D eigenvalue weighted by Gasteiger charge is -2.31. The van der Waals surface area contributed by atoms with Gasteiger partial charge in [-0.3, -0.25) is 9.59 Å². The predicted molar refractivity (Wildman–Crippen MR) is 85.2 cm³/mol. The van der Waals surface area contributed by atoms with Gasteiger partial charge >= 0.3 is 5.97 Å². The number of hydrogen-bond acceptors (Lipinski definition) is 4. The third-order valence-corrected chi connectivity index (χ3v) is 6.30. The normalized spacial score (nSPS) is 27.5. The van der Waals surface area contributed by atoms with Crippen molar-refractivity contribution in [2.24, 2.45) is 17.8 Å². The first-order valence-corrected chi connectivity index (χ1v) is 10.1. The van der Waals surface area contributed by atoms with Crippen LogP contribution < -0.4 is 5.32 Å². The Morgan fingerprint density at radius 3 is 2.30 bits per heavy atom. The number of aliphatic carboxylic acids is 1. The average molecular weight is 346 g/mol. The van der Waals surface area contributed by atoms with Gasteiger partial charge in [0.15, 0.2) is 0 Å². The van der Waals surface area contributed by atoms with Crippen LogP contribution in [0.25, 0.3) is 0 Å². The molecule has 2 fully saturated rings. The van der Waals surface area contributed by atoms with E-state index < -0.39 is 21.9 Å². The number of nitrogens with zero attached hydrogens (tertiary/aromatic N) is 1. The van der Waals surface area contributed by atoms with Crippen LogP contribution in [0.2, 0.25) is 0 Å². The molecule has 1 saturated carbocycles. The van der Waals surface area contributed by atoms with E-state index in [0.717, 1.165) is 25.7 Å². The Morgan fingerprint density at radius 1 is 1.13 bits per heavy atom. The monoisotopic (exact) mass is 346 g/mol. The molecule has 0 aromatic carbocycles. The minimum atomic E-state index is -3.12. The summed E-state index contributed by atoms with van der Waals surface area (Å²) in [5.41, 5.74) is 0. The minimum Gasteiger partial charge on any atom is -0.481 e. The highest BCUT2D eigenvalue weighted by atomic mass is 32.2. The van der Waals surface area contributed by atoms with Crippen LogP contribution in [0.5, 0.6) is 0 Å². The summed E-state index contributed by atoms with van der Waals surface area (Å²) in [5.74, 6) is -1.19. The fourth-order valence-corrected chi connectivity index (χ4v) is 4.36. The molecule has 0 bridgehead atoms. The van der Waals surface area contributed by atoms with E-state index in [0.29, 0.717) is 32.5 Å². The number of carbonyl (C=O) groups is 2. The summed E-state index contributed by atoms with van der Waals surface area (Å²) < 4.78 is 24.4. The van der Waals surface area contributed by atoms with Crippen LogP contribution >= 0.6 is 0 Å². The summed E-state index contributed by atoms with van der Waals surface area (Å²) in [5, 5.41) is 12.0. The van der Waals surface area contributed by atoms with Crippen LogP contribution in [0, 0.1) is 17.8 Å². The molecule has 8 heteroatoms. The van der Waals surface area contributed by atoms with Crippen LogP contribution in [-0.4, -0.2) is 55.6 Å². The second-order valence-electron chi connectivity index (χ2n) is 6.75. The van der Waals surface area contributed by atoms with Crippen molar-refractivity contribution in [2.45, 2.75) is 38.5 Å². The first kappa shape index (κ1) is 18.2. The zero-order chi connectivity index (χ0) is 17.0. The molecular weight excluding hydrogens is 320 g/mol. The summed E-state index contributed by atoms with van der Waals surface area (Å²) in [7, 11) is -3.12. The van der Waals surface area contributed by atoms with E-state index in [1.807, 2.05) is 0 Å². The molecule has 7 nitrogen and oxygen atoms in total. The van der Waals surface area contributed by atoms with Crippen LogP contribution in [0.4, 0.5) is 0 Å². The van der Waals surface area contributed by atoms with Crippen molar-refractivity contribution >= 4 is 21.9 Å². The number of piperidine rings is 1. The van der Waals surface area contributed by atoms with Crippen molar-refractivity contribution in [1.82, 2.24) is 9.62 Å². The van der Waals surface area contributed by atoms with Gasteiger partial charge in [0.25, 0.3) is 0 Å². The van der Waals surface area contributed by atoms with Crippen LogP contribution in [0.1, 0.15) is 38.5 Å². The minimum absolute atomic E-state index is 0.0542. The van der Waals surface area contributed by atoms with E-state index in [2.05, 4.69) is 5.32 Å². The molecule has 2 N–H and O–H groups in total. The van der Waals surface area contributed by atoms with Crippen LogP contribution in [-0.2, 0) is 19.6 Å². The molecule has 1 aliphatic carbocycles. The largest absolute Gasteiger partial charge is 0.481 e. The van der Waals surface area contributed by atoms with Gasteiger partial charge in [-0.2, -0.15) is 0 Å². The van der Waals surface area contributed by atoms with Crippen molar-refractivity contribution in [3.8, 4) is 0 Å². The molecule has 2 rings (SSSR count). The topological polar surface area (TPSA) is 104 Å². The second kappa shape index (κ2) is 7.61. The van der Waals surface area contributed by atoms with E-state index >= 15 is 0 Å². The SMILES string of the molecule is CS(=O)(=O)N1CCC(CNC(=O)C2CCCC(C(=O)O)C2)CC1. The molecular formula is C15H26N2O5S. The van der Waals surface area contributed by atoms with Crippen molar-refractivity contribution in [2.75, 3.05) is 25.9 Å². The van der Waals surface area contributed by atoms with Crippen LogP contribution in [0.3, 0.4) is 0 Å². The standard InChI is InChI=1S/C15H26N2O5S/c1-23(21,22)17-7-5-11(6-8-17)10-16-14(18)12-3-2-4-13(9-12)15(19)20/h11-13H,2-10H2,1H3,(H,16,18)(H,19,20). The van der Waals surface area contributed by atoms with Crippen molar-refractivity contribution in [3.63, 3.8) is 0 Å². The summed E-state index contributed by atoms with van der Waals surface area (Å²) in [6.45, 7) is 1.55. The Hall–Kier alpha value is -1.15. The Labute approximate surface area is 137 Å². The van der Waals surface area contributed by atoms with Crippen molar-refractivity contribution in [3.05, 3.63) is 0 Å². The van der Waals surface area contributed by atoms with Gasteiger partial charge in [-0.1, -0.05) is 6.42 Å². The molecule has 2 atom stereocenters. The highest BCUT2D eigenvalue weighted by Crippen LogP contribution is 2.29. The molecule has 23 heavy (non-hydrogen) atoms. The average Bonchev–Trinajstić information content (AvgIpc) is 2.52. The molecule has 0 spiro atoms. The Balaban J connectivity index is 1.74. The summed E-state index contributed by atoms with van der Waals surface area (Å²) in [6, 6.07) is 0. The number of carbonyl (C=O) groups excluding carboxylic acids is 1. The molecule has 0 aromatic rings. The summed E-state index contributed by atoms with van der Waals surface area (Å²) in [6.07, 6.45) is 5.32. The fraction of sp³-hybridized carbons (Fsp3) is 0.867. The highest BCUT2D eigenvalue weighted by molar-refractivity contribution is 7.88. The third kappa shape index (κ3) is 5.17. The predicted octanol–water partition coefficient (Wildman–Crippen LogP) is 0.665. The van der Waals surface area contributed by atoms with Gasteiger partial charge in [-0.15, -0.1) is 0 Å². The molecule has 1 amide bonds. The first-order valence-electron chi connectivity index (χ1n) is 8.23. The van der Waals surface area contributed by atoms with E-state index in [1.54, 1.807) is 0 Å². The summed E-state index contributed by atoms with van der Waals surface area (Å²) in [4.78, 5) is 23.3. The third-order valence-electron chi connectivity index (χ3n) is 5.00. The molecule has 2 unspecified atom stereocenters. The molecule has 132 valence electrons. The van der Waals surface area contributed by atoms with E-state index in [9.17, 15) is 18.0 Å². The quantitative estimate of drug-likeness (QED) is 0.761. The molecule has 0 aromatic heterocycles. The molecule has 2 aliphatic rings. The maximum Gasteiger partial charge on any atom is 0.306 e. The zero-order valence-electron chi connectivity index (χ0n) is 13.5. The summed E-state index contributed by atoms with van der Waals surface area (Å²) >= 11 is 0. The second-order valence-corrected chi connectivity index (χ2v) is 8.73. The Morgan fingerprint density at radius 2 is 1.74 bits per heavy atom. The van der Waals surface area contributed by atoms with Gasteiger partial charge in [0.05, 0.1) is 12.2 Å². The van der Waals surface area contributed by atoms with Gasteiger partial charge in [0.1, 0.15) is 0 Å². The number of carboxylic acids is 1. The maximum atomic E-state index is 12.2. The number of carboxylic acid groups (broad SMARTS) is 1. The van der Waals surface area contributed by atoms with Crippen molar-refractivity contribution < 1.29 is 23.1 Å². The first-order chi connectivity index (χ1) is 10.8. The number of hydrogen-bond donors (Lipinski definition) is 2. The molecule has 0 radical (unpaired) electrons. The van der Waals surface area contributed by atoms with Crippen molar-refractivity contribution in [1.29, 1.82) is 0 Å². The molecule has 1 aliphatic heterocycles. The smallest absolute Gasteiger partial charge is 0.306 e. The number of nitrogens with one attached hydrogen (secondary N) is 1. The molecule has 1 heterocycles. The lowest BCUT2D eigenvalue weighted by molar-refractivity contribution is -0.144. The van der Waals surface area contributed by atoms with E-state index in [-0.39, 0.29) is 17.7 Å². The number of rotatable bonds is 5. The van der Waals surface area contributed by atoms with Gasteiger partial charge in [0.2, 0.25) is 15.9 Å². The highest BCUT2D eigenvalue weighted by Gasteiger charge is 2.31.